The van der Waals surface area contributed by atoms with E-state index in [1.54, 1.807) is 0 Å². The molecule has 1 unspecified atom stereocenters. The molecule has 1 N–H and O–H groups in total. The number of aryl methyl sites for hydroxylation is 1. The molecule has 148 valence electrons. The lowest BCUT2D eigenvalue weighted by atomic mass is 10.0. The van der Waals surface area contributed by atoms with E-state index in [-0.39, 0.29) is 12.7 Å². The lowest BCUT2D eigenvalue weighted by Gasteiger charge is -2.28. The summed E-state index contributed by atoms with van der Waals surface area (Å²) in [5, 5.41) is 3.05. The molecule has 0 aromatic heterocycles. The van der Waals surface area contributed by atoms with Gasteiger partial charge in [-0.25, -0.2) is 0 Å². The molecule has 0 spiro atoms. The van der Waals surface area contributed by atoms with Crippen LogP contribution in [0.3, 0.4) is 0 Å². The van der Waals surface area contributed by atoms with E-state index in [4.69, 9.17) is 9.47 Å². The zero-order valence-electron chi connectivity index (χ0n) is 16.6. The van der Waals surface area contributed by atoms with Crippen LogP contribution in [0.1, 0.15) is 22.7 Å². The first kappa shape index (κ1) is 19.0. The Morgan fingerprint density at radius 3 is 2.48 bits per heavy atom. The van der Waals surface area contributed by atoms with Crippen molar-refractivity contribution in [1.82, 2.24) is 4.90 Å². The maximum atomic E-state index is 13.2. The molecule has 3 aromatic carbocycles. The minimum Gasteiger partial charge on any atom is -0.454 e. The van der Waals surface area contributed by atoms with Gasteiger partial charge in [0.15, 0.2) is 11.5 Å². The maximum Gasteiger partial charge on any atom is 0.246 e. The molecule has 1 atom stereocenters. The van der Waals surface area contributed by atoms with Crippen LogP contribution in [0.15, 0.2) is 72.8 Å². The van der Waals surface area contributed by atoms with Crippen molar-refractivity contribution in [2.24, 2.45) is 0 Å². The summed E-state index contributed by atoms with van der Waals surface area (Å²) in [6.07, 6.45) is 0. The van der Waals surface area contributed by atoms with E-state index in [2.05, 4.69) is 5.32 Å². The van der Waals surface area contributed by atoms with Gasteiger partial charge in [0.2, 0.25) is 12.7 Å². The molecule has 0 saturated heterocycles. The number of carbonyl (C=O) groups excluding carboxylic acids is 1. The summed E-state index contributed by atoms with van der Waals surface area (Å²) in [4.78, 5) is 15.3. The quantitative estimate of drug-likeness (QED) is 0.674. The van der Waals surface area contributed by atoms with E-state index in [1.165, 1.54) is 0 Å². The molecule has 1 heterocycles. The van der Waals surface area contributed by atoms with Gasteiger partial charge < -0.3 is 14.8 Å². The summed E-state index contributed by atoms with van der Waals surface area (Å²) < 4.78 is 10.9. The van der Waals surface area contributed by atoms with Crippen LogP contribution in [0, 0.1) is 6.92 Å². The van der Waals surface area contributed by atoms with Crippen LogP contribution in [0.2, 0.25) is 0 Å². The number of hydrogen-bond acceptors (Lipinski definition) is 4. The number of hydrogen-bond donors (Lipinski definition) is 1. The summed E-state index contributed by atoms with van der Waals surface area (Å²) in [5.41, 5.74) is 3.95. The first-order chi connectivity index (χ1) is 14.1. The van der Waals surface area contributed by atoms with Crippen molar-refractivity contribution >= 4 is 11.6 Å². The highest BCUT2D eigenvalue weighted by atomic mass is 16.7. The topological polar surface area (TPSA) is 50.8 Å². The Hall–Kier alpha value is -3.31. The van der Waals surface area contributed by atoms with E-state index in [9.17, 15) is 4.79 Å². The number of rotatable bonds is 6. The molecule has 4 rings (SSSR count). The number of anilines is 1. The number of nitrogens with zero attached hydrogens (tertiary/aromatic N) is 1. The second kappa shape index (κ2) is 8.37. The molecule has 0 aliphatic carbocycles. The van der Waals surface area contributed by atoms with Crippen LogP contribution in [0.4, 0.5) is 5.69 Å². The smallest absolute Gasteiger partial charge is 0.246 e. The molecule has 5 heteroatoms. The summed E-state index contributed by atoms with van der Waals surface area (Å²) in [5.74, 6) is 1.44. The fourth-order valence-corrected chi connectivity index (χ4v) is 3.51. The molecule has 0 radical (unpaired) electrons. The van der Waals surface area contributed by atoms with Crippen LogP contribution in [0.5, 0.6) is 11.5 Å². The second-order valence-corrected chi connectivity index (χ2v) is 7.27. The summed E-state index contributed by atoms with van der Waals surface area (Å²) in [7, 11) is 1.96. The molecule has 29 heavy (non-hydrogen) atoms. The number of nitrogens with one attached hydrogen (secondary N) is 1. The van der Waals surface area contributed by atoms with Crippen molar-refractivity contribution in [2.75, 3.05) is 19.2 Å². The fourth-order valence-electron chi connectivity index (χ4n) is 3.51. The van der Waals surface area contributed by atoms with Crippen molar-refractivity contribution in [3.63, 3.8) is 0 Å². The van der Waals surface area contributed by atoms with Gasteiger partial charge >= 0.3 is 0 Å². The van der Waals surface area contributed by atoms with E-state index in [1.807, 2.05) is 91.7 Å². The minimum atomic E-state index is -0.428. The number of carbonyl (C=O) groups is 1. The van der Waals surface area contributed by atoms with Gasteiger partial charge in [-0.2, -0.15) is 0 Å². The summed E-state index contributed by atoms with van der Waals surface area (Å²) in [6.45, 7) is 2.87. The third-order valence-electron chi connectivity index (χ3n) is 4.99. The van der Waals surface area contributed by atoms with Crippen LogP contribution < -0.4 is 14.8 Å². The average Bonchev–Trinajstić information content (AvgIpc) is 3.18. The first-order valence-corrected chi connectivity index (χ1v) is 9.61. The van der Waals surface area contributed by atoms with Crippen molar-refractivity contribution in [3.8, 4) is 11.5 Å². The van der Waals surface area contributed by atoms with Crippen LogP contribution in [-0.4, -0.2) is 24.6 Å². The van der Waals surface area contributed by atoms with Crippen molar-refractivity contribution < 1.29 is 14.3 Å². The Morgan fingerprint density at radius 2 is 1.72 bits per heavy atom. The maximum absolute atomic E-state index is 13.2. The Labute approximate surface area is 170 Å². The lowest BCUT2D eigenvalue weighted by Crippen LogP contribution is -2.34. The lowest BCUT2D eigenvalue weighted by molar-refractivity contribution is -0.121. The molecule has 1 aliphatic rings. The fraction of sp³-hybridized carbons (Fsp3) is 0.208. The summed E-state index contributed by atoms with van der Waals surface area (Å²) >= 11 is 0. The van der Waals surface area contributed by atoms with Crippen molar-refractivity contribution in [1.29, 1.82) is 0 Å². The predicted octanol–water partition coefficient (Wildman–Crippen LogP) is 4.54. The number of benzene rings is 3. The van der Waals surface area contributed by atoms with E-state index < -0.39 is 6.04 Å². The van der Waals surface area contributed by atoms with Gasteiger partial charge in [0, 0.05) is 12.2 Å². The highest BCUT2D eigenvalue weighted by molar-refractivity contribution is 5.95. The van der Waals surface area contributed by atoms with E-state index >= 15 is 0 Å². The van der Waals surface area contributed by atoms with Gasteiger partial charge in [-0.3, -0.25) is 9.69 Å². The Bertz CT molecular complexity index is 987. The molecule has 0 saturated carbocycles. The SMILES string of the molecule is Cc1ccc(NC(=O)C(c2ccccc2)N(C)Cc2ccc3c(c2)OCO3)cc1. The van der Waals surface area contributed by atoms with Crippen LogP contribution in [0.25, 0.3) is 0 Å². The number of amides is 1. The normalized spacial score (nSPS) is 13.3. The van der Waals surface area contributed by atoms with Gasteiger partial charge in [0.05, 0.1) is 0 Å². The third kappa shape index (κ3) is 4.41. The first-order valence-electron chi connectivity index (χ1n) is 9.61. The monoisotopic (exact) mass is 388 g/mol. The summed E-state index contributed by atoms with van der Waals surface area (Å²) in [6, 6.07) is 23.1. The molecule has 5 nitrogen and oxygen atoms in total. The molecule has 1 amide bonds. The van der Waals surface area contributed by atoms with Crippen LogP contribution in [-0.2, 0) is 11.3 Å². The molecular weight excluding hydrogens is 364 g/mol. The molecule has 3 aromatic rings. The van der Waals surface area contributed by atoms with Gasteiger partial charge in [0.25, 0.3) is 0 Å². The third-order valence-corrected chi connectivity index (χ3v) is 4.99. The largest absolute Gasteiger partial charge is 0.454 e. The van der Waals surface area contributed by atoms with Crippen molar-refractivity contribution in [3.05, 3.63) is 89.5 Å². The number of fused-ring (bicyclic) bond motifs is 1. The average molecular weight is 388 g/mol. The minimum absolute atomic E-state index is 0.0664. The molecule has 1 aliphatic heterocycles. The van der Waals surface area contributed by atoms with Gasteiger partial charge in [-0.05, 0) is 49.4 Å². The van der Waals surface area contributed by atoms with Crippen LogP contribution >= 0.6 is 0 Å². The van der Waals surface area contributed by atoms with Crippen molar-refractivity contribution in [2.45, 2.75) is 19.5 Å². The second-order valence-electron chi connectivity index (χ2n) is 7.27. The predicted molar refractivity (Wildman–Crippen MR) is 113 cm³/mol. The standard InChI is InChI=1S/C24H24N2O3/c1-17-8-11-20(12-9-17)25-24(27)23(19-6-4-3-5-7-19)26(2)15-18-10-13-21-22(14-18)29-16-28-21/h3-14,23H,15-16H2,1-2H3,(H,25,27). The van der Waals surface area contributed by atoms with E-state index in [0.717, 1.165) is 33.9 Å². The molecule has 0 bridgehead atoms. The molecule has 0 fully saturated rings. The van der Waals surface area contributed by atoms with Gasteiger partial charge in [0.1, 0.15) is 6.04 Å². The number of ether oxygens (including phenoxy) is 2. The Morgan fingerprint density at radius 1 is 1.00 bits per heavy atom. The highest BCUT2D eigenvalue weighted by Crippen LogP contribution is 2.33. The Kier molecular flexibility index (Phi) is 5.49. The molecular formula is C24H24N2O3. The number of likely N-dealkylation sites (N-methyl/N-ethyl adjacent to an activating group) is 1. The van der Waals surface area contributed by atoms with Gasteiger partial charge in [-0.15, -0.1) is 0 Å². The Balaban J connectivity index is 1.56. The zero-order chi connectivity index (χ0) is 20.2. The van der Waals surface area contributed by atoms with Gasteiger partial charge in [-0.1, -0.05) is 54.1 Å². The van der Waals surface area contributed by atoms with E-state index in [0.29, 0.717) is 6.54 Å². The zero-order valence-corrected chi connectivity index (χ0v) is 16.6. The highest BCUT2D eigenvalue weighted by Gasteiger charge is 2.26.